The van der Waals surface area contributed by atoms with Crippen LogP contribution in [0.2, 0.25) is 0 Å². The molecule has 0 saturated heterocycles. The molecule has 1 heterocycles. The van der Waals surface area contributed by atoms with Crippen molar-refractivity contribution >= 4 is 33.0 Å². The molecule has 5 heteroatoms. The smallest absolute Gasteiger partial charge is 0.122 e. The van der Waals surface area contributed by atoms with E-state index in [1.54, 1.807) is 18.4 Å². The van der Waals surface area contributed by atoms with Gasteiger partial charge in [0.2, 0.25) is 0 Å². The van der Waals surface area contributed by atoms with Gasteiger partial charge < -0.3 is 10.1 Å². The van der Waals surface area contributed by atoms with Crippen LogP contribution in [0.25, 0.3) is 0 Å². The molecule has 2 rings (SSSR count). The zero-order valence-electron chi connectivity index (χ0n) is 12.2. The van der Waals surface area contributed by atoms with Crippen LogP contribution in [0, 0.1) is 0 Å². The molecule has 0 bridgehead atoms. The summed E-state index contributed by atoms with van der Waals surface area (Å²) in [5, 5.41) is 4.57. The molecule has 20 heavy (non-hydrogen) atoms. The summed E-state index contributed by atoms with van der Waals surface area (Å²) in [7, 11) is 1.67. The number of nitrogens with one attached hydrogen (secondary N) is 1. The van der Waals surface area contributed by atoms with Gasteiger partial charge in [-0.25, -0.2) is 4.98 Å². The Labute approximate surface area is 132 Å². The average Bonchev–Trinajstić information content (AvgIpc) is 2.84. The van der Waals surface area contributed by atoms with E-state index < -0.39 is 0 Å². The van der Waals surface area contributed by atoms with Crippen LogP contribution in [0.1, 0.15) is 30.7 Å². The second-order valence-electron chi connectivity index (χ2n) is 5.62. The number of aromatic nitrogens is 1. The SMILES string of the molecule is COc1cc(Br)cc(NCc2cnc(C(C)(C)C)s2)c1. The molecule has 0 aliphatic heterocycles. The van der Waals surface area contributed by atoms with Crippen LogP contribution in [0.5, 0.6) is 5.75 Å². The lowest BCUT2D eigenvalue weighted by Gasteiger charge is -2.13. The van der Waals surface area contributed by atoms with Crippen LogP contribution in [-0.4, -0.2) is 12.1 Å². The summed E-state index contributed by atoms with van der Waals surface area (Å²) in [6.07, 6.45) is 1.95. The molecule has 0 aliphatic carbocycles. The van der Waals surface area contributed by atoms with Gasteiger partial charge in [0.15, 0.2) is 0 Å². The number of hydrogen-bond acceptors (Lipinski definition) is 4. The number of thiazole rings is 1. The third-order valence-corrected chi connectivity index (χ3v) is 4.65. The first kappa shape index (κ1) is 15.3. The predicted molar refractivity (Wildman–Crippen MR) is 88.8 cm³/mol. The number of hydrogen-bond donors (Lipinski definition) is 1. The van der Waals surface area contributed by atoms with E-state index in [4.69, 9.17) is 4.74 Å². The maximum absolute atomic E-state index is 5.26. The van der Waals surface area contributed by atoms with Gasteiger partial charge in [0.1, 0.15) is 5.75 Å². The van der Waals surface area contributed by atoms with Crippen LogP contribution in [0.15, 0.2) is 28.9 Å². The molecule has 3 nitrogen and oxygen atoms in total. The molecule has 0 fully saturated rings. The zero-order chi connectivity index (χ0) is 14.8. The third-order valence-electron chi connectivity index (χ3n) is 2.77. The highest BCUT2D eigenvalue weighted by Gasteiger charge is 2.17. The van der Waals surface area contributed by atoms with Crippen molar-refractivity contribution in [3.63, 3.8) is 0 Å². The molecule has 1 aromatic heterocycles. The number of halogens is 1. The molecule has 108 valence electrons. The molecule has 0 atom stereocenters. The second-order valence-corrected chi connectivity index (χ2v) is 7.65. The highest BCUT2D eigenvalue weighted by molar-refractivity contribution is 9.10. The predicted octanol–water partition coefficient (Wildman–Crippen LogP) is 4.82. The van der Waals surface area contributed by atoms with Crippen molar-refractivity contribution in [2.45, 2.75) is 32.7 Å². The largest absolute Gasteiger partial charge is 0.497 e. The second kappa shape index (κ2) is 6.14. The van der Waals surface area contributed by atoms with Crippen molar-refractivity contribution in [1.82, 2.24) is 4.98 Å². The Balaban J connectivity index is 2.05. The Bertz CT molecular complexity index is 590. The molecule has 2 aromatic rings. The number of ether oxygens (including phenoxy) is 1. The maximum atomic E-state index is 5.26. The summed E-state index contributed by atoms with van der Waals surface area (Å²) < 4.78 is 6.26. The van der Waals surface area contributed by atoms with Crippen LogP contribution in [0.4, 0.5) is 5.69 Å². The monoisotopic (exact) mass is 354 g/mol. The third kappa shape index (κ3) is 3.96. The van der Waals surface area contributed by atoms with Crippen LogP contribution < -0.4 is 10.1 Å². The fourth-order valence-corrected chi connectivity index (χ4v) is 3.09. The quantitative estimate of drug-likeness (QED) is 0.854. The Kier molecular flexibility index (Phi) is 4.70. The van der Waals surface area contributed by atoms with Crippen molar-refractivity contribution in [2.24, 2.45) is 0 Å². The summed E-state index contributed by atoms with van der Waals surface area (Å²) in [5.41, 5.74) is 1.14. The number of anilines is 1. The number of methoxy groups -OCH3 is 1. The van der Waals surface area contributed by atoms with Crippen molar-refractivity contribution in [3.05, 3.63) is 38.8 Å². The van der Waals surface area contributed by atoms with E-state index in [-0.39, 0.29) is 5.41 Å². The first-order valence-electron chi connectivity index (χ1n) is 6.42. The minimum atomic E-state index is 0.113. The van der Waals surface area contributed by atoms with E-state index in [1.165, 1.54) is 9.88 Å². The minimum absolute atomic E-state index is 0.113. The van der Waals surface area contributed by atoms with Crippen molar-refractivity contribution in [1.29, 1.82) is 0 Å². The summed E-state index contributed by atoms with van der Waals surface area (Å²) in [5.74, 6) is 0.835. The summed E-state index contributed by atoms with van der Waals surface area (Å²) in [6, 6.07) is 5.96. The van der Waals surface area contributed by atoms with Crippen molar-refractivity contribution < 1.29 is 4.74 Å². The highest BCUT2D eigenvalue weighted by atomic mass is 79.9. The first-order chi connectivity index (χ1) is 9.38. The Morgan fingerprint density at radius 3 is 2.65 bits per heavy atom. The van der Waals surface area contributed by atoms with Crippen molar-refractivity contribution in [3.8, 4) is 5.75 Å². The summed E-state index contributed by atoms with van der Waals surface area (Å²) in [4.78, 5) is 5.73. The molecule has 0 saturated carbocycles. The van der Waals surface area contributed by atoms with Gasteiger partial charge in [-0.2, -0.15) is 0 Å². The normalized spacial score (nSPS) is 11.4. The van der Waals surface area contributed by atoms with Gasteiger partial charge in [-0.15, -0.1) is 11.3 Å². The highest BCUT2D eigenvalue weighted by Crippen LogP contribution is 2.28. The van der Waals surface area contributed by atoms with E-state index >= 15 is 0 Å². The number of benzene rings is 1. The molecule has 0 amide bonds. The number of nitrogens with zero attached hydrogens (tertiary/aromatic N) is 1. The van der Waals surface area contributed by atoms with E-state index in [0.29, 0.717) is 0 Å². The van der Waals surface area contributed by atoms with Crippen LogP contribution >= 0.6 is 27.3 Å². The zero-order valence-corrected chi connectivity index (χ0v) is 14.6. The van der Waals surface area contributed by atoms with Gasteiger partial charge in [-0.05, 0) is 12.1 Å². The van der Waals surface area contributed by atoms with Gasteiger partial charge in [0.25, 0.3) is 0 Å². The van der Waals surface area contributed by atoms with Gasteiger partial charge >= 0.3 is 0 Å². The van der Waals surface area contributed by atoms with Gasteiger partial charge in [0.05, 0.1) is 18.7 Å². The molecular weight excluding hydrogens is 336 g/mol. The Hall–Kier alpha value is -1.07. The van der Waals surface area contributed by atoms with Crippen LogP contribution in [0.3, 0.4) is 0 Å². The lowest BCUT2D eigenvalue weighted by Crippen LogP contribution is -2.09. The Morgan fingerprint density at radius 1 is 1.30 bits per heavy atom. The van der Waals surface area contributed by atoms with E-state index in [1.807, 2.05) is 24.4 Å². The fraction of sp³-hybridized carbons (Fsp3) is 0.400. The summed E-state index contributed by atoms with van der Waals surface area (Å²) >= 11 is 5.24. The Morgan fingerprint density at radius 2 is 2.05 bits per heavy atom. The topological polar surface area (TPSA) is 34.1 Å². The van der Waals surface area contributed by atoms with Gasteiger partial charge in [-0.3, -0.25) is 0 Å². The molecular formula is C15H19BrN2OS. The minimum Gasteiger partial charge on any atom is -0.497 e. The lowest BCUT2D eigenvalue weighted by molar-refractivity contribution is 0.414. The summed E-state index contributed by atoms with van der Waals surface area (Å²) in [6.45, 7) is 7.32. The van der Waals surface area contributed by atoms with E-state index in [9.17, 15) is 0 Å². The standard InChI is InChI=1S/C15H19BrN2OS/c1-15(2,3)14-18-9-13(20-14)8-17-11-5-10(16)6-12(7-11)19-4/h5-7,9,17H,8H2,1-4H3. The van der Waals surface area contributed by atoms with Crippen LogP contribution in [-0.2, 0) is 12.0 Å². The lowest BCUT2D eigenvalue weighted by atomic mass is 9.98. The molecule has 0 radical (unpaired) electrons. The van der Waals surface area contributed by atoms with E-state index in [2.05, 4.69) is 47.0 Å². The van der Waals surface area contributed by atoms with Crippen molar-refractivity contribution in [2.75, 3.05) is 12.4 Å². The molecule has 0 spiro atoms. The fourth-order valence-electron chi connectivity index (χ4n) is 1.71. The first-order valence-corrected chi connectivity index (χ1v) is 8.03. The molecule has 0 unspecified atom stereocenters. The molecule has 1 N–H and O–H groups in total. The average molecular weight is 355 g/mol. The maximum Gasteiger partial charge on any atom is 0.122 e. The van der Waals surface area contributed by atoms with E-state index in [0.717, 1.165) is 22.5 Å². The molecule has 0 aliphatic rings. The molecule has 1 aromatic carbocycles. The van der Waals surface area contributed by atoms with Gasteiger partial charge in [0, 0.05) is 32.7 Å². The number of rotatable bonds is 4. The van der Waals surface area contributed by atoms with Gasteiger partial charge in [-0.1, -0.05) is 36.7 Å².